The number of carbonyl (C=O) groups is 1. The van der Waals surface area contributed by atoms with Crippen LogP contribution < -0.4 is 0 Å². The van der Waals surface area contributed by atoms with Crippen LogP contribution in [0.15, 0.2) is 6.07 Å². The van der Waals surface area contributed by atoms with Gasteiger partial charge in [0.1, 0.15) is 0 Å². The number of hydrogen-bond donors (Lipinski definition) is 0. The molecular weight excluding hydrogens is 204 g/mol. The van der Waals surface area contributed by atoms with E-state index in [0.29, 0.717) is 5.78 Å². The smallest absolute Gasteiger partial charge is 0.169 e. The maximum absolute atomic E-state index is 12.4. The monoisotopic (exact) mass is 222 g/mol. The Kier molecular flexibility index (Phi) is 2.72. The van der Waals surface area contributed by atoms with E-state index in [4.69, 9.17) is 0 Å². The average molecular weight is 222 g/mol. The third kappa shape index (κ3) is 1.87. The molecule has 0 radical (unpaired) electrons. The van der Waals surface area contributed by atoms with Crippen molar-refractivity contribution in [3.63, 3.8) is 0 Å². The summed E-state index contributed by atoms with van der Waals surface area (Å²) in [6, 6.07) is 2.06. The van der Waals surface area contributed by atoms with Gasteiger partial charge >= 0.3 is 0 Å². The lowest BCUT2D eigenvalue weighted by molar-refractivity contribution is 0.0823. The Bertz CT molecular complexity index is 383. The number of thiophene rings is 1. The molecule has 2 rings (SSSR count). The first kappa shape index (κ1) is 10.9. The fourth-order valence-corrected chi connectivity index (χ4v) is 3.49. The molecule has 1 aliphatic rings. The minimum absolute atomic E-state index is 0.0712. The Hall–Kier alpha value is -0.630. The molecule has 0 atom stereocenters. The Labute approximate surface area is 95.5 Å². The van der Waals surface area contributed by atoms with Crippen LogP contribution in [0.1, 0.15) is 52.7 Å². The maximum Gasteiger partial charge on any atom is 0.169 e. The molecule has 1 nitrogen and oxygen atoms in total. The van der Waals surface area contributed by atoms with Gasteiger partial charge < -0.3 is 0 Å². The van der Waals surface area contributed by atoms with Crippen LogP contribution in [0, 0.1) is 19.3 Å². The van der Waals surface area contributed by atoms with Crippen LogP contribution in [0.25, 0.3) is 0 Å². The normalized spacial score (nSPS) is 19.4. The van der Waals surface area contributed by atoms with Crippen molar-refractivity contribution in [2.75, 3.05) is 0 Å². The van der Waals surface area contributed by atoms with E-state index in [2.05, 4.69) is 26.8 Å². The highest BCUT2D eigenvalue weighted by atomic mass is 32.1. The van der Waals surface area contributed by atoms with Crippen molar-refractivity contribution in [1.29, 1.82) is 0 Å². The SMILES string of the molecule is Cc1cc(C(=O)C2(C)CCCC2)c(C)s1. The second-order valence-corrected chi connectivity index (χ2v) is 6.38. The molecule has 15 heavy (non-hydrogen) atoms. The zero-order valence-corrected chi connectivity index (χ0v) is 10.5. The molecule has 1 saturated carbocycles. The standard InChI is InChI=1S/C13H18OS/c1-9-8-11(10(2)15-9)12(14)13(3)6-4-5-7-13/h8H,4-7H2,1-3H3. The van der Waals surface area contributed by atoms with Crippen LogP contribution in [0.4, 0.5) is 0 Å². The first-order valence-corrected chi connectivity index (χ1v) is 6.46. The summed E-state index contributed by atoms with van der Waals surface area (Å²) in [5.74, 6) is 0.377. The van der Waals surface area contributed by atoms with E-state index in [1.54, 1.807) is 11.3 Å². The summed E-state index contributed by atoms with van der Waals surface area (Å²) in [5.41, 5.74) is 0.903. The molecule has 2 heteroatoms. The predicted molar refractivity (Wildman–Crippen MR) is 64.7 cm³/mol. The minimum Gasteiger partial charge on any atom is -0.294 e. The van der Waals surface area contributed by atoms with Gasteiger partial charge in [-0.1, -0.05) is 19.8 Å². The molecular formula is C13H18OS. The van der Waals surface area contributed by atoms with Crippen LogP contribution in [-0.2, 0) is 0 Å². The highest BCUT2D eigenvalue weighted by Crippen LogP contribution is 2.41. The van der Waals surface area contributed by atoms with Gasteiger partial charge in [-0.3, -0.25) is 4.79 Å². The van der Waals surface area contributed by atoms with Gasteiger partial charge in [0.2, 0.25) is 0 Å². The van der Waals surface area contributed by atoms with Crippen molar-refractivity contribution in [3.8, 4) is 0 Å². The molecule has 0 amide bonds. The number of aryl methyl sites for hydroxylation is 2. The summed E-state index contributed by atoms with van der Waals surface area (Å²) in [6.07, 6.45) is 4.56. The molecule has 0 aromatic carbocycles. The summed E-state index contributed by atoms with van der Waals surface area (Å²) in [4.78, 5) is 14.8. The molecule has 0 unspecified atom stereocenters. The second-order valence-electron chi connectivity index (χ2n) is 4.92. The first-order chi connectivity index (χ1) is 7.03. The van der Waals surface area contributed by atoms with E-state index < -0.39 is 0 Å². The lowest BCUT2D eigenvalue weighted by Gasteiger charge is -2.21. The molecule has 0 bridgehead atoms. The highest BCUT2D eigenvalue weighted by Gasteiger charge is 2.37. The van der Waals surface area contributed by atoms with Crippen molar-refractivity contribution < 1.29 is 4.79 Å². The Morgan fingerprint density at radius 2 is 1.93 bits per heavy atom. The largest absolute Gasteiger partial charge is 0.294 e. The second kappa shape index (κ2) is 3.75. The number of hydrogen-bond acceptors (Lipinski definition) is 2. The van der Waals surface area contributed by atoms with E-state index in [0.717, 1.165) is 18.4 Å². The van der Waals surface area contributed by atoms with Gasteiger partial charge in [-0.15, -0.1) is 11.3 Å². The van der Waals surface area contributed by atoms with Crippen molar-refractivity contribution in [3.05, 3.63) is 21.4 Å². The van der Waals surface area contributed by atoms with Crippen LogP contribution in [0.5, 0.6) is 0 Å². The lowest BCUT2D eigenvalue weighted by Crippen LogP contribution is -2.24. The predicted octanol–water partition coefficient (Wildman–Crippen LogP) is 4.13. The summed E-state index contributed by atoms with van der Waals surface area (Å²) in [7, 11) is 0. The maximum atomic E-state index is 12.4. The summed E-state index contributed by atoms with van der Waals surface area (Å²) >= 11 is 1.73. The first-order valence-electron chi connectivity index (χ1n) is 5.65. The molecule has 1 aromatic heterocycles. The van der Waals surface area contributed by atoms with E-state index in [9.17, 15) is 4.79 Å². The topological polar surface area (TPSA) is 17.1 Å². The number of rotatable bonds is 2. The Balaban J connectivity index is 2.31. The highest BCUT2D eigenvalue weighted by molar-refractivity contribution is 7.12. The van der Waals surface area contributed by atoms with Gasteiger partial charge in [0.25, 0.3) is 0 Å². The molecule has 0 aliphatic heterocycles. The minimum atomic E-state index is -0.0712. The van der Waals surface area contributed by atoms with Crippen LogP contribution >= 0.6 is 11.3 Å². The quantitative estimate of drug-likeness (QED) is 0.688. The molecule has 1 fully saturated rings. The molecule has 0 saturated heterocycles. The number of ketones is 1. The Morgan fingerprint density at radius 3 is 2.40 bits per heavy atom. The number of Topliss-reactive ketones (excluding diaryl/α,β-unsaturated/α-hetero) is 1. The van der Waals surface area contributed by atoms with Gasteiger partial charge in [-0.25, -0.2) is 0 Å². The summed E-state index contributed by atoms with van der Waals surface area (Å²) in [5, 5.41) is 0. The van der Waals surface area contributed by atoms with Gasteiger partial charge in [-0.2, -0.15) is 0 Å². The fraction of sp³-hybridized carbons (Fsp3) is 0.615. The zero-order valence-electron chi connectivity index (χ0n) is 9.72. The Morgan fingerprint density at radius 1 is 1.33 bits per heavy atom. The molecule has 1 aliphatic carbocycles. The van der Waals surface area contributed by atoms with E-state index in [1.807, 2.05) is 0 Å². The molecule has 1 aromatic rings. The zero-order chi connectivity index (χ0) is 11.1. The molecule has 0 spiro atoms. The van der Waals surface area contributed by atoms with Crippen LogP contribution in [0.2, 0.25) is 0 Å². The van der Waals surface area contributed by atoms with Gasteiger partial charge in [0, 0.05) is 20.7 Å². The van der Waals surface area contributed by atoms with E-state index >= 15 is 0 Å². The van der Waals surface area contributed by atoms with Crippen LogP contribution in [-0.4, -0.2) is 5.78 Å². The van der Waals surface area contributed by atoms with Gasteiger partial charge in [0.15, 0.2) is 5.78 Å². The third-order valence-corrected chi connectivity index (χ3v) is 4.51. The summed E-state index contributed by atoms with van der Waals surface area (Å²) < 4.78 is 0. The average Bonchev–Trinajstić information content (AvgIpc) is 2.73. The van der Waals surface area contributed by atoms with Crippen molar-refractivity contribution >= 4 is 17.1 Å². The van der Waals surface area contributed by atoms with Crippen molar-refractivity contribution in [1.82, 2.24) is 0 Å². The molecule has 82 valence electrons. The third-order valence-electron chi connectivity index (χ3n) is 3.54. The van der Waals surface area contributed by atoms with Gasteiger partial charge in [-0.05, 0) is 32.8 Å². The van der Waals surface area contributed by atoms with Crippen molar-refractivity contribution in [2.45, 2.75) is 46.5 Å². The summed E-state index contributed by atoms with van der Waals surface area (Å²) in [6.45, 7) is 6.27. The lowest BCUT2D eigenvalue weighted by atomic mass is 9.81. The van der Waals surface area contributed by atoms with Gasteiger partial charge in [0.05, 0.1) is 0 Å². The molecule has 0 N–H and O–H groups in total. The fourth-order valence-electron chi connectivity index (χ4n) is 2.56. The van der Waals surface area contributed by atoms with Crippen molar-refractivity contribution in [2.24, 2.45) is 5.41 Å². The number of carbonyl (C=O) groups excluding carboxylic acids is 1. The van der Waals surface area contributed by atoms with E-state index in [-0.39, 0.29) is 5.41 Å². The van der Waals surface area contributed by atoms with Crippen LogP contribution in [0.3, 0.4) is 0 Å². The molecule has 1 heterocycles. The van der Waals surface area contributed by atoms with E-state index in [1.165, 1.54) is 22.6 Å².